The molecule has 4 heteroatoms. The van der Waals surface area contributed by atoms with Gasteiger partial charge in [0.1, 0.15) is 12.2 Å². The van der Waals surface area contributed by atoms with Crippen LogP contribution in [0.2, 0.25) is 0 Å². The molecule has 0 amide bonds. The Morgan fingerprint density at radius 3 is 2.93 bits per heavy atom. The van der Waals surface area contributed by atoms with E-state index in [4.69, 9.17) is 9.47 Å². The number of aliphatic hydroxyl groups excluding tert-OH is 1. The zero-order valence-electron chi connectivity index (χ0n) is 17.6. The first-order valence-electron chi connectivity index (χ1n) is 11.0. The minimum absolute atomic E-state index is 0.127. The molecular weight excluding hydrogens is 352 g/mol. The molecule has 0 aromatic carbocycles. The van der Waals surface area contributed by atoms with Gasteiger partial charge in [-0.3, -0.25) is 4.79 Å². The van der Waals surface area contributed by atoms with Crippen molar-refractivity contribution in [3.05, 3.63) is 36.1 Å². The molecule has 1 N–H and O–H groups in total. The van der Waals surface area contributed by atoms with Crippen LogP contribution in [0.15, 0.2) is 36.1 Å². The average Bonchev–Trinajstić information content (AvgIpc) is 2.66. The first-order valence-corrected chi connectivity index (χ1v) is 11.0. The second-order valence-corrected chi connectivity index (χ2v) is 8.90. The summed E-state index contributed by atoms with van der Waals surface area (Å²) in [6, 6.07) is 0. The fourth-order valence-corrected chi connectivity index (χ4v) is 4.91. The number of hydrogen-bond acceptors (Lipinski definition) is 4. The van der Waals surface area contributed by atoms with E-state index in [-0.39, 0.29) is 24.6 Å². The van der Waals surface area contributed by atoms with Gasteiger partial charge in [-0.25, -0.2) is 0 Å². The van der Waals surface area contributed by atoms with Gasteiger partial charge in [0.15, 0.2) is 0 Å². The molecule has 28 heavy (non-hydrogen) atoms. The summed E-state index contributed by atoms with van der Waals surface area (Å²) >= 11 is 0. The van der Waals surface area contributed by atoms with Gasteiger partial charge in [-0.2, -0.15) is 0 Å². The van der Waals surface area contributed by atoms with Crippen LogP contribution in [-0.4, -0.2) is 29.4 Å². The van der Waals surface area contributed by atoms with Crippen molar-refractivity contribution in [3.8, 4) is 0 Å². The Hall–Kier alpha value is -1.55. The number of carbonyl (C=O) groups is 1. The number of aliphatic hydroxyl groups is 1. The summed E-state index contributed by atoms with van der Waals surface area (Å²) in [7, 11) is 0. The summed E-state index contributed by atoms with van der Waals surface area (Å²) in [5, 5.41) is 9.89. The summed E-state index contributed by atoms with van der Waals surface area (Å²) in [5.74, 6) is 2.26. The first kappa shape index (κ1) is 21.2. The van der Waals surface area contributed by atoms with Gasteiger partial charge in [-0.15, -0.1) is 0 Å². The number of cyclic esters (lactones) is 1. The van der Waals surface area contributed by atoms with Gasteiger partial charge in [-0.05, 0) is 49.5 Å². The predicted octanol–water partition coefficient (Wildman–Crippen LogP) is 4.94. The molecule has 1 heterocycles. The Morgan fingerprint density at radius 2 is 2.21 bits per heavy atom. The summed E-state index contributed by atoms with van der Waals surface area (Å²) in [5.41, 5.74) is 1.39. The highest BCUT2D eigenvalue weighted by molar-refractivity contribution is 5.70. The Labute approximate surface area is 169 Å². The smallest absolute Gasteiger partial charge is 0.308 e. The number of allylic oxidation sites excluding steroid dienone is 4. The minimum atomic E-state index is -0.560. The van der Waals surface area contributed by atoms with E-state index in [1.54, 1.807) is 0 Å². The van der Waals surface area contributed by atoms with Crippen LogP contribution in [0.25, 0.3) is 0 Å². The topological polar surface area (TPSA) is 55.8 Å². The lowest BCUT2D eigenvalue weighted by atomic mass is 9.66. The largest absolute Gasteiger partial charge is 0.494 e. The van der Waals surface area contributed by atoms with Gasteiger partial charge in [0.2, 0.25) is 0 Å². The van der Waals surface area contributed by atoms with Crippen molar-refractivity contribution < 1.29 is 19.4 Å². The molecule has 0 bridgehead atoms. The molecule has 1 aliphatic heterocycles. The van der Waals surface area contributed by atoms with E-state index in [1.807, 2.05) is 0 Å². The Morgan fingerprint density at radius 1 is 1.43 bits per heavy atom. The monoisotopic (exact) mass is 388 g/mol. The summed E-state index contributed by atoms with van der Waals surface area (Å²) < 4.78 is 11.9. The van der Waals surface area contributed by atoms with Crippen molar-refractivity contribution in [3.63, 3.8) is 0 Å². The average molecular weight is 389 g/mol. The third kappa shape index (κ3) is 4.89. The molecule has 0 saturated carbocycles. The molecule has 156 valence electrons. The fraction of sp³-hybridized carbons (Fsp3) is 0.708. The standard InChI is InChI=1S/C24H36O4/c1-5-15(2)17(4)27-22-8-6-7-18-10-9-16(3)21(24(18)22)12-11-20-13-19(25)14-23(26)28-20/h7,9-10,15-16,19-22,24-25H,4-6,8,11-14H2,1-3H3/t15-,16-,19+,20+,21-,22-,24?/m0/s1. The van der Waals surface area contributed by atoms with Gasteiger partial charge in [-0.1, -0.05) is 45.6 Å². The lowest BCUT2D eigenvalue weighted by molar-refractivity contribution is -0.160. The molecule has 4 nitrogen and oxygen atoms in total. The lowest BCUT2D eigenvalue weighted by Gasteiger charge is -2.43. The van der Waals surface area contributed by atoms with Gasteiger partial charge in [0, 0.05) is 18.3 Å². The van der Waals surface area contributed by atoms with Crippen LogP contribution in [-0.2, 0) is 14.3 Å². The number of hydrogen-bond donors (Lipinski definition) is 1. The zero-order chi connectivity index (χ0) is 20.3. The quantitative estimate of drug-likeness (QED) is 0.496. The van der Waals surface area contributed by atoms with Crippen LogP contribution < -0.4 is 0 Å². The molecule has 0 aromatic heterocycles. The third-order valence-corrected chi connectivity index (χ3v) is 6.87. The summed E-state index contributed by atoms with van der Waals surface area (Å²) in [4.78, 5) is 11.7. The SMILES string of the molecule is C=C(O[C@H]1CCC=C2C=C[C@H](C)[C@H](CC[C@@H]3C[C@@H](O)CC(=O)O3)C21)[C@@H](C)CC. The summed E-state index contributed by atoms with van der Waals surface area (Å²) in [6.45, 7) is 10.8. The zero-order valence-corrected chi connectivity index (χ0v) is 17.6. The van der Waals surface area contributed by atoms with Crippen molar-refractivity contribution in [2.75, 3.05) is 0 Å². The van der Waals surface area contributed by atoms with E-state index in [1.165, 1.54) is 5.57 Å². The van der Waals surface area contributed by atoms with E-state index in [9.17, 15) is 9.90 Å². The number of carbonyl (C=O) groups excluding carboxylic acids is 1. The van der Waals surface area contributed by atoms with Crippen LogP contribution in [0.5, 0.6) is 0 Å². The van der Waals surface area contributed by atoms with Crippen LogP contribution in [0, 0.1) is 23.7 Å². The van der Waals surface area contributed by atoms with Crippen LogP contribution in [0.4, 0.5) is 0 Å². The lowest BCUT2D eigenvalue weighted by Crippen LogP contribution is -2.39. The molecule has 3 rings (SSSR count). The molecule has 1 unspecified atom stereocenters. The van der Waals surface area contributed by atoms with Crippen LogP contribution in [0.3, 0.4) is 0 Å². The van der Waals surface area contributed by atoms with E-state index in [0.717, 1.165) is 37.9 Å². The number of fused-ring (bicyclic) bond motifs is 1. The predicted molar refractivity (Wildman–Crippen MR) is 110 cm³/mol. The molecule has 0 radical (unpaired) electrons. The van der Waals surface area contributed by atoms with E-state index >= 15 is 0 Å². The Kier molecular flexibility index (Phi) is 7.03. The minimum Gasteiger partial charge on any atom is -0.494 e. The third-order valence-electron chi connectivity index (χ3n) is 6.87. The highest BCUT2D eigenvalue weighted by Gasteiger charge is 2.40. The first-order chi connectivity index (χ1) is 13.4. The maximum absolute atomic E-state index is 11.7. The Bertz CT molecular complexity index is 635. The van der Waals surface area contributed by atoms with Gasteiger partial charge < -0.3 is 14.6 Å². The van der Waals surface area contributed by atoms with Gasteiger partial charge in [0.05, 0.1) is 18.3 Å². The summed E-state index contributed by atoms with van der Waals surface area (Å²) in [6.07, 6.45) is 11.9. The maximum atomic E-state index is 11.7. The van der Waals surface area contributed by atoms with E-state index < -0.39 is 6.10 Å². The molecule has 0 spiro atoms. The fourth-order valence-electron chi connectivity index (χ4n) is 4.91. The molecule has 7 atom stereocenters. The molecule has 2 aliphatic carbocycles. The van der Waals surface area contributed by atoms with Crippen molar-refractivity contribution in [1.29, 1.82) is 0 Å². The maximum Gasteiger partial charge on any atom is 0.308 e. The molecule has 3 aliphatic rings. The normalized spacial score (nSPS) is 36.1. The second-order valence-electron chi connectivity index (χ2n) is 8.90. The van der Waals surface area contributed by atoms with Gasteiger partial charge >= 0.3 is 5.97 Å². The van der Waals surface area contributed by atoms with Crippen molar-refractivity contribution >= 4 is 5.97 Å². The van der Waals surface area contributed by atoms with E-state index in [2.05, 4.69) is 45.6 Å². The molecule has 0 aromatic rings. The van der Waals surface area contributed by atoms with Crippen molar-refractivity contribution in [2.24, 2.45) is 23.7 Å². The molecule has 1 saturated heterocycles. The number of rotatable bonds is 7. The van der Waals surface area contributed by atoms with Crippen LogP contribution >= 0.6 is 0 Å². The Balaban J connectivity index is 1.70. The molecular formula is C24H36O4. The van der Waals surface area contributed by atoms with E-state index in [0.29, 0.717) is 30.1 Å². The van der Waals surface area contributed by atoms with Crippen LogP contribution in [0.1, 0.15) is 65.7 Å². The van der Waals surface area contributed by atoms with Gasteiger partial charge in [0.25, 0.3) is 0 Å². The highest BCUT2D eigenvalue weighted by atomic mass is 16.5. The molecule has 1 fully saturated rings. The van der Waals surface area contributed by atoms with Crippen molar-refractivity contribution in [2.45, 2.75) is 84.0 Å². The van der Waals surface area contributed by atoms with Crippen molar-refractivity contribution in [1.82, 2.24) is 0 Å². The number of esters is 1. The second kappa shape index (κ2) is 9.30. The highest BCUT2D eigenvalue weighted by Crippen LogP contribution is 2.44. The number of ether oxygens (including phenoxy) is 2.